The van der Waals surface area contributed by atoms with Gasteiger partial charge in [0.15, 0.2) is 0 Å². The third kappa shape index (κ3) is 4.80. The van der Waals surface area contributed by atoms with E-state index in [1.54, 1.807) is 28.6 Å². The third-order valence-electron chi connectivity index (χ3n) is 5.25. The van der Waals surface area contributed by atoms with Gasteiger partial charge >= 0.3 is 0 Å². The zero-order chi connectivity index (χ0) is 20.1. The average Bonchev–Trinajstić information content (AvgIpc) is 2.70. The minimum absolute atomic E-state index is 0.0212. The Kier molecular flexibility index (Phi) is 6.52. The van der Waals surface area contributed by atoms with E-state index in [0.29, 0.717) is 24.2 Å². The van der Waals surface area contributed by atoms with E-state index in [9.17, 15) is 13.2 Å². The van der Waals surface area contributed by atoms with Crippen LogP contribution in [0.3, 0.4) is 0 Å². The maximum absolute atomic E-state index is 12.6. The van der Waals surface area contributed by atoms with Crippen LogP contribution in [-0.2, 0) is 22.2 Å². The average molecular weight is 401 g/mol. The summed E-state index contributed by atoms with van der Waals surface area (Å²) in [6.45, 7) is 5.25. The van der Waals surface area contributed by atoms with E-state index in [0.717, 1.165) is 42.5 Å². The number of amides is 1. The predicted octanol–water partition coefficient (Wildman–Crippen LogP) is 4.13. The first-order valence-corrected chi connectivity index (χ1v) is 11.5. The fourth-order valence-corrected chi connectivity index (χ4v) is 5.20. The van der Waals surface area contributed by atoms with Gasteiger partial charge in [0, 0.05) is 24.3 Å². The minimum Gasteiger partial charge on any atom is -0.321 e. The fraction of sp³-hybridized carbons (Fsp3) is 0.409. The molecule has 2 aromatic carbocycles. The Morgan fingerprint density at radius 3 is 2.36 bits per heavy atom. The summed E-state index contributed by atoms with van der Waals surface area (Å²) in [5.74, 6) is -0.207. The summed E-state index contributed by atoms with van der Waals surface area (Å²) >= 11 is 0. The lowest BCUT2D eigenvalue weighted by Gasteiger charge is -2.25. The molecular weight excluding hydrogens is 372 g/mol. The number of rotatable bonds is 6. The van der Waals surface area contributed by atoms with Crippen molar-refractivity contribution in [3.8, 4) is 0 Å². The number of piperidine rings is 1. The van der Waals surface area contributed by atoms with Crippen LogP contribution in [0.2, 0.25) is 0 Å². The highest BCUT2D eigenvalue weighted by molar-refractivity contribution is 7.88. The van der Waals surface area contributed by atoms with Crippen molar-refractivity contribution in [3.63, 3.8) is 0 Å². The molecule has 1 fully saturated rings. The Bertz CT molecular complexity index is 931. The molecule has 28 heavy (non-hydrogen) atoms. The molecule has 5 nitrogen and oxygen atoms in total. The Labute approximate surface area is 167 Å². The van der Waals surface area contributed by atoms with Crippen molar-refractivity contribution in [3.05, 3.63) is 64.7 Å². The summed E-state index contributed by atoms with van der Waals surface area (Å²) in [6, 6.07) is 12.8. The number of hydrogen-bond acceptors (Lipinski definition) is 3. The SMILES string of the molecule is CCc1cccc(C)c1NC(=O)c1ccc(CS(=O)(=O)N2CCCCC2)cc1. The summed E-state index contributed by atoms with van der Waals surface area (Å²) in [6.07, 6.45) is 3.79. The molecule has 0 atom stereocenters. The van der Waals surface area contributed by atoms with E-state index in [1.165, 1.54) is 0 Å². The molecule has 0 aliphatic carbocycles. The second-order valence-corrected chi connectivity index (χ2v) is 9.30. The predicted molar refractivity (Wildman–Crippen MR) is 113 cm³/mol. The van der Waals surface area contributed by atoms with Gasteiger partial charge in [0.2, 0.25) is 10.0 Å². The summed E-state index contributed by atoms with van der Waals surface area (Å²) in [4.78, 5) is 12.6. The Morgan fingerprint density at radius 1 is 1.04 bits per heavy atom. The van der Waals surface area contributed by atoms with Crippen molar-refractivity contribution in [2.45, 2.75) is 45.3 Å². The van der Waals surface area contributed by atoms with E-state index in [2.05, 4.69) is 12.2 Å². The van der Waals surface area contributed by atoms with Crippen LogP contribution in [0, 0.1) is 6.92 Å². The van der Waals surface area contributed by atoms with Crippen LogP contribution < -0.4 is 5.32 Å². The van der Waals surface area contributed by atoms with Crippen molar-refractivity contribution in [2.24, 2.45) is 0 Å². The van der Waals surface area contributed by atoms with Gasteiger partial charge in [0.25, 0.3) is 5.91 Å². The van der Waals surface area contributed by atoms with Gasteiger partial charge in [-0.3, -0.25) is 4.79 Å². The minimum atomic E-state index is -3.30. The van der Waals surface area contributed by atoms with Crippen LogP contribution in [0.25, 0.3) is 0 Å². The van der Waals surface area contributed by atoms with Gasteiger partial charge in [-0.2, -0.15) is 0 Å². The first-order chi connectivity index (χ1) is 13.4. The number of aryl methyl sites for hydroxylation is 2. The molecule has 1 heterocycles. The first kappa shape index (κ1) is 20.6. The number of benzene rings is 2. The number of sulfonamides is 1. The van der Waals surface area contributed by atoms with Gasteiger partial charge in [-0.05, 0) is 55.0 Å². The van der Waals surface area contributed by atoms with Gasteiger partial charge in [-0.1, -0.05) is 43.7 Å². The van der Waals surface area contributed by atoms with Crippen LogP contribution in [0.5, 0.6) is 0 Å². The summed E-state index contributed by atoms with van der Waals surface area (Å²) < 4.78 is 26.7. The van der Waals surface area contributed by atoms with Crippen LogP contribution in [0.15, 0.2) is 42.5 Å². The molecule has 0 aromatic heterocycles. The summed E-state index contributed by atoms with van der Waals surface area (Å²) in [7, 11) is -3.30. The van der Waals surface area contributed by atoms with Gasteiger partial charge < -0.3 is 5.32 Å². The molecule has 0 spiro atoms. The van der Waals surface area contributed by atoms with Crippen LogP contribution in [-0.4, -0.2) is 31.7 Å². The molecular formula is C22H28N2O3S. The van der Waals surface area contributed by atoms with Crippen molar-refractivity contribution in [2.75, 3.05) is 18.4 Å². The Morgan fingerprint density at radius 2 is 1.71 bits per heavy atom. The zero-order valence-electron chi connectivity index (χ0n) is 16.6. The van der Waals surface area contributed by atoms with Crippen LogP contribution in [0.1, 0.15) is 53.2 Å². The fourth-order valence-electron chi connectivity index (χ4n) is 3.59. The second-order valence-electron chi connectivity index (χ2n) is 7.33. The highest BCUT2D eigenvalue weighted by Gasteiger charge is 2.24. The second kappa shape index (κ2) is 8.88. The lowest BCUT2D eigenvalue weighted by Crippen LogP contribution is -2.36. The lowest BCUT2D eigenvalue weighted by molar-refractivity contribution is 0.102. The number of nitrogens with zero attached hydrogens (tertiary/aromatic N) is 1. The quantitative estimate of drug-likeness (QED) is 0.793. The maximum atomic E-state index is 12.6. The molecule has 1 N–H and O–H groups in total. The van der Waals surface area contributed by atoms with E-state index in [1.807, 2.05) is 25.1 Å². The largest absolute Gasteiger partial charge is 0.321 e. The standard InChI is InChI=1S/C22H28N2O3S/c1-3-19-9-7-8-17(2)21(19)23-22(25)20-12-10-18(11-13-20)16-28(26,27)24-14-5-4-6-15-24/h7-13H,3-6,14-16H2,1-2H3,(H,23,25). The van der Waals surface area contributed by atoms with Gasteiger partial charge in [0.05, 0.1) is 5.75 Å². The van der Waals surface area contributed by atoms with E-state index in [4.69, 9.17) is 0 Å². The normalized spacial score (nSPS) is 15.4. The van der Waals surface area contributed by atoms with E-state index in [-0.39, 0.29) is 11.7 Å². The number of carbonyl (C=O) groups is 1. The number of hydrogen-bond donors (Lipinski definition) is 1. The highest BCUT2D eigenvalue weighted by atomic mass is 32.2. The van der Waals surface area contributed by atoms with E-state index < -0.39 is 10.0 Å². The van der Waals surface area contributed by atoms with E-state index >= 15 is 0 Å². The molecule has 0 bridgehead atoms. The van der Waals surface area contributed by atoms with Crippen molar-refractivity contribution >= 4 is 21.6 Å². The number of nitrogens with one attached hydrogen (secondary N) is 1. The molecule has 150 valence electrons. The highest BCUT2D eigenvalue weighted by Crippen LogP contribution is 2.22. The molecule has 1 saturated heterocycles. The molecule has 0 unspecified atom stereocenters. The zero-order valence-corrected chi connectivity index (χ0v) is 17.4. The molecule has 1 aliphatic rings. The Balaban J connectivity index is 1.70. The molecule has 1 aliphatic heterocycles. The van der Waals surface area contributed by atoms with Crippen molar-refractivity contribution < 1.29 is 13.2 Å². The van der Waals surface area contributed by atoms with Gasteiger partial charge in [-0.25, -0.2) is 12.7 Å². The molecule has 6 heteroatoms. The van der Waals surface area contributed by atoms with Crippen LogP contribution >= 0.6 is 0 Å². The number of anilines is 1. The molecule has 2 aromatic rings. The van der Waals surface area contributed by atoms with Crippen molar-refractivity contribution in [1.82, 2.24) is 4.31 Å². The molecule has 0 saturated carbocycles. The van der Waals surface area contributed by atoms with Gasteiger partial charge in [0.1, 0.15) is 0 Å². The first-order valence-electron chi connectivity index (χ1n) is 9.87. The summed E-state index contributed by atoms with van der Waals surface area (Å²) in [5.41, 5.74) is 4.19. The molecule has 3 rings (SSSR count). The number of para-hydroxylation sites is 1. The smallest absolute Gasteiger partial charge is 0.255 e. The third-order valence-corrected chi connectivity index (χ3v) is 7.10. The molecule has 0 radical (unpaired) electrons. The van der Waals surface area contributed by atoms with Crippen LogP contribution in [0.4, 0.5) is 5.69 Å². The van der Waals surface area contributed by atoms with Crippen molar-refractivity contribution in [1.29, 1.82) is 0 Å². The molecule has 1 amide bonds. The lowest BCUT2D eigenvalue weighted by atomic mass is 10.1. The number of carbonyl (C=O) groups excluding carboxylic acids is 1. The monoisotopic (exact) mass is 400 g/mol. The Hall–Kier alpha value is -2.18. The topological polar surface area (TPSA) is 66.5 Å². The summed E-state index contributed by atoms with van der Waals surface area (Å²) in [5, 5.41) is 3.00. The van der Waals surface area contributed by atoms with Gasteiger partial charge in [-0.15, -0.1) is 0 Å². The maximum Gasteiger partial charge on any atom is 0.255 e.